The van der Waals surface area contributed by atoms with Crippen molar-refractivity contribution in [2.75, 3.05) is 6.54 Å². The molecule has 9 heteroatoms. The Labute approximate surface area is 128 Å². The second-order valence-electron chi connectivity index (χ2n) is 6.02. The number of imidazole rings is 1. The van der Waals surface area contributed by atoms with Crippen molar-refractivity contribution in [3.05, 3.63) is 30.9 Å². The smallest absolute Gasteiger partial charge is 0.217 e. The maximum atomic E-state index is 12.6. The van der Waals surface area contributed by atoms with Crippen LogP contribution in [-0.4, -0.2) is 48.8 Å². The van der Waals surface area contributed by atoms with Gasteiger partial charge in [-0.3, -0.25) is 4.68 Å². The van der Waals surface area contributed by atoms with Gasteiger partial charge in [-0.05, 0) is 12.8 Å². The molecule has 8 nitrogen and oxygen atoms in total. The van der Waals surface area contributed by atoms with Crippen LogP contribution < -0.4 is 0 Å². The number of fused-ring (bicyclic) bond motifs is 1. The second-order valence-corrected chi connectivity index (χ2v) is 8.23. The van der Waals surface area contributed by atoms with Crippen molar-refractivity contribution in [3.63, 3.8) is 0 Å². The van der Waals surface area contributed by atoms with Crippen LogP contribution >= 0.6 is 0 Å². The van der Waals surface area contributed by atoms with Crippen LogP contribution in [-0.2, 0) is 29.7 Å². The molecule has 0 aromatic carbocycles. The first kappa shape index (κ1) is 13.9. The van der Waals surface area contributed by atoms with Crippen LogP contribution in [0.25, 0.3) is 0 Å². The lowest BCUT2D eigenvalue weighted by Crippen LogP contribution is -2.37. The zero-order valence-corrected chi connectivity index (χ0v) is 12.9. The summed E-state index contributed by atoms with van der Waals surface area (Å²) in [5.74, 6) is 0.955. The highest BCUT2D eigenvalue weighted by atomic mass is 32.2. The van der Waals surface area contributed by atoms with Gasteiger partial charge in [0, 0.05) is 37.9 Å². The summed E-state index contributed by atoms with van der Waals surface area (Å²) in [5, 5.41) is 3.94. The molecule has 0 N–H and O–H groups in total. The Kier molecular flexibility index (Phi) is 3.26. The largest absolute Gasteiger partial charge is 0.333 e. The molecule has 0 amide bonds. The first-order chi connectivity index (χ1) is 10.6. The normalized spacial score (nSPS) is 23.2. The minimum absolute atomic E-state index is 0.144. The molecule has 0 spiro atoms. The third-order valence-electron chi connectivity index (χ3n) is 4.25. The van der Waals surface area contributed by atoms with E-state index >= 15 is 0 Å². The van der Waals surface area contributed by atoms with E-state index in [1.165, 1.54) is 6.33 Å². The SMILES string of the molecule is O=S(=O)(C1CC1)N1Cc2nccn2C[C@H](Cn2cncn2)C1. The Morgan fingerprint density at radius 1 is 1.27 bits per heavy atom. The highest BCUT2D eigenvalue weighted by Gasteiger charge is 2.42. The lowest BCUT2D eigenvalue weighted by Gasteiger charge is -2.23. The van der Waals surface area contributed by atoms with Gasteiger partial charge in [0.1, 0.15) is 18.5 Å². The molecule has 4 rings (SSSR count). The van der Waals surface area contributed by atoms with Crippen molar-refractivity contribution in [2.45, 2.75) is 37.7 Å². The Morgan fingerprint density at radius 2 is 2.14 bits per heavy atom. The summed E-state index contributed by atoms with van der Waals surface area (Å²) in [6.07, 6.45) is 8.37. The Balaban J connectivity index is 1.62. The van der Waals surface area contributed by atoms with Gasteiger partial charge >= 0.3 is 0 Å². The molecule has 22 heavy (non-hydrogen) atoms. The molecule has 0 saturated heterocycles. The first-order valence-electron chi connectivity index (χ1n) is 7.44. The van der Waals surface area contributed by atoms with Gasteiger partial charge in [-0.1, -0.05) is 0 Å². The average Bonchev–Trinajstić information content (AvgIpc) is 3.14. The van der Waals surface area contributed by atoms with E-state index in [0.717, 1.165) is 25.2 Å². The van der Waals surface area contributed by atoms with Gasteiger partial charge in [0.15, 0.2) is 0 Å². The number of nitrogens with zero attached hydrogens (tertiary/aromatic N) is 6. The van der Waals surface area contributed by atoms with E-state index in [0.29, 0.717) is 19.6 Å². The van der Waals surface area contributed by atoms with Gasteiger partial charge < -0.3 is 4.57 Å². The molecule has 0 bridgehead atoms. The zero-order valence-electron chi connectivity index (χ0n) is 12.1. The van der Waals surface area contributed by atoms with Crippen molar-refractivity contribution >= 4 is 10.0 Å². The maximum Gasteiger partial charge on any atom is 0.217 e. The lowest BCUT2D eigenvalue weighted by atomic mass is 10.1. The minimum Gasteiger partial charge on any atom is -0.333 e. The minimum atomic E-state index is -3.21. The van der Waals surface area contributed by atoms with Crippen LogP contribution in [0.4, 0.5) is 0 Å². The summed E-state index contributed by atoms with van der Waals surface area (Å²) in [4.78, 5) is 8.27. The van der Waals surface area contributed by atoms with Gasteiger partial charge in [-0.25, -0.2) is 18.4 Å². The van der Waals surface area contributed by atoms with E-state index in [2.05, 4.69) is 15.1 Å². The molecule has 1 aliphatic carbocycles. The van der Waals surface area contributed by atoms with Crippen LogP contribution in [0.3, 0.4) is 0 Å². The molecule has 2 aliphatic rings. The monoisotopic (exact) mass is 322 g/mol. The van der Waals surface area contributed by atoms with Crippen LogP contribution in [0.5, 0.6) is 0 Å². The quantitative estimate of drug-likeness (QED) is 0.797. The van der Waals surface area contributed by atoms with E-state index in [1.54, 1.807) is 21.5 Å². The number of hydrogen-bond donors (Lipinski definition) is 0. The summed E-state index contributed by atoms with van der Waals surface area (Å²) < 4.78 is 30.7. The summed E-state index contributed by atoms with van der Waals surface area (Å²) in [6.45, 7) is 2.25. The predicted molar refractivity (Wildman–Crippen MR) is 78.1 cm³/mol. The Bertz CT molecular complexity index is 749. The molecule has 1 aliphatic heterocycles. The van der Waals surface area contributed by atoms with E-state index in [4.69, 9.17) is 0 Å². The molecule has 1 fully saturated rings. The van der Waals surface area contributed by atoms with Crippen molar-refractivity contribution in [1.82, 2.24) is 28.6 Å². The molecule has 118 valence electrons. The Hall–Kier alpha value is -1.74. The van der Waals surface area contributed by atoms with Gasteiger partial charge in [0.2, 0.25) is 10.0 Å². The predicted octanol–water partition coefficient (Wildman–Crippen LogP) is 0.0988. The van der Waals surface area contributed by atoms with Crippen LogP contribution in [0.1, 0.15) is 18.7 Å². The average molecular weight is 322 g/mol. The molecular formula is C13H18N6O2S. The molecule has 1 atom stereocenters. The fourth-order valence-electron chi connectivity index (χ4n) is 2.98. The van der Waals surface area contributed by atoms with Crippen LogP contribution in [0.2, 0.25) is 0 Å². The number of aromatic nitrogens is 5. The van der Waals surface area contributed by atoms with Crippen molar-refractivity contribution in [2.24, 2.45) is 5.92 Å². The topological polar surface area (TPSA) is 85.9 Å². The highest BCUT2D eigenvalue weighted by Crippen LogP contribution is 2.33. The molecule has 0 radical (unpaired) electrons. The summed E-state index contributed by atoms with van der Waals surface area (Å²) in [7, 11) is -3.21. The van der Waals surface area contributed by atoms with Gasteiger partial charge in [0.25, 0.3) is 0 Å². The fourth-order valence-corrected chi connectivity index (χ4v) is 4.85. The van der Waals surface area contributed by atoms with Gasteiger partial charge in [-0.15, -0.1) is 0 Å². The second kappa shape index (κ2) is 5.17. The summed E-state index contributed by atoms with van der Waals surface area (Å²) in [5.41, 5.74) is 0. The van der Waals surface area contributed by atoms with E-state index in [-0.39, 0.29) is 11.2 Å². The first-order valence-corrected chi connectivity index (χ1v) is 8.94. The maximum absolute atomic E-state index is 12.6. The third-order valence-corrected chi connectivity index (χ3v) is 6.57. The third kappa shape index (κ3) is 2.54. The van der Waals surface area contributed by atoms with Crippen molar-refractivity contribution in [3.8, 4) is 0 Å². The molecular weight excluding hydrogens is 304 g/mol. The van der Waals surface area contributed by atoms with Gasteiger partial charge in [0.05, 0.1) is 11.8 Å². The standard InChI is InChI=1S/C13H18N6O2S/c20-22(21,12-1-2-12)19-7-11(6-18-10-14-9-16-18)5-17-4-3-15-13(17)8-19/h3-4,9-12H,1-2,5-8H2/t11-/m1/s1. The highest BCUT2D eigenvalue weighted by molar-refractivity contribution is 7.90. The van der Waals surface area contributed by atoms with E-state index in [9.17, 15) is 8.42 Å². The number of hydrogen-bond acceptors (Lipinski definition) is 5. The summed E-state index contributed by atoms with van der Waals surface area (Å²) in [6, 6.07) is 0. The van der Waals surface area contributed by atoms with Crippen LogP contribution in [0, 0.1) is 5.92 Å². The molecule has 2 aromatic heterocycles. The molecule has 0 unspecified atom stereocenters. The molecule has 1 saturated carbocycles. The zero-order chi connectivity index (χ0) is 15.2. The number of rotatable bonds is 4. The Morgan fingerprint density at radius 3 is 2.86 bits per heavy atom. The molecule has 2 aromatic rings. The van der Waals surface area contributed by atoms with Crippen molar-refractivity contribution < 1.29 is 8.42 Å². The van der Waals surface area contributed by atoms with Gasteiger partial charge in [-0.2, -0.15) is 9.40 Å². The van der Waals surface area contributed by atoms with E-state index < -0.39 is 10.0 Å². The van der Waals surface area contributed by atoms with Crippen LogP contribution in [0.15, 0.2) is 25.0 Å². The lowest BCUT2D eigenvalue weighted by molar-refractivity contribution is 0.302. The van der Waals surface area contributed by atoms with E-state index in [1.807, 2.05) is 10.8 Å². The summed E-state index contributed by atoms with van der Waals surface area (Å²) >= 11 is 0. The number of sulfonamides is 1. The molecule has 3 heterocycles. The van der Waals surface area contributed by atoms with Crippen molar-refractivity contribution in [1.29, 1.82) is 0 Å². The fraction of sp³-hybridized carbons (Fsp3) is 0.615.